The Morgan fingerprint density at radius 3 is 3.08 bits per heavy atom. The predicted molar refractivity (Wildman–Crippen MR) is 104 cm³/mol. The molecule has 140 valence electrons. The Kier molecular flexibility index (Phi) is 6.28. The van der Waals surface area contributed by atoms with Gasteiger partial charge < -0.3 is 20.7 Å². The lowest BCUT2D eigenvalue weighted by Gasteiger charge is -2.28. The number of carbonyl (C=O) groups is 1. The number of amides is 1. The normalized spacial score (nSPS) is 24.7. The summed E-state index contributed by atoms with van der Waals surface area (Å²) in [7, 11) is 0. The fraction of sp³-hybridized carbons (Fsp3) is 0.500. The second-order valence-corrected chi connectivity index (χ2v) is 6.75. The van der Waals surface area contributed by atoms with Crippen molar-refractivity contribution in [2.24, 2.45) is 10.7 Å². The molecular formula is C20H28N4O2. The van der Waals surface area contributed by atoms with Crippen LogP contribution < -0.4 is 11.1 Å². The summed E-state index contributed by atoms with van der Waals surface area (Å²) in [6, 6.07) is 0.145. The molecule has 3 rings (SSSR count). The van der Waals surface area contributed by atoms with E-state index in [1.165, 1.54) is 0 Å². The van der Waals surface area contributed by atoms with E-state index in [2.05, 4.69) is 29.4 Å². The highest BCUT2D eigenvalue weighted by Crippen LogP contribution is 2.23. The topological polar surface area (TPSA) is 80.0 Å². The van der Waals surface area contributed by atoms with Crippen LogP contribution in [0, 0.1) is 0 Å². The van der Waals surface area contributed by atoms with Crippen LogP contribution in [-0.4, -0.2) is 55.5 Å². The van der Waals surface area contributed by atoms with Gasteiger partial charge in [0.25, 0.3) is 5.91 Å². The fourth-order valence-corrected chi connectivity index (χ4v) is 3.34. The number of nitrogens with zero attached hydrogens (tertiary/aromatic N) is 2. The van der Waals surface area contributed by atoms with Gasteiger partial charge >= 0.3 is 0 Å². The average molecular weight is 356 g/mol. The largest absolute Gasteiger partial charge is 0.477 e. The molecule has 1 aliphatic carbocycles. The highest BCUT2D eigenvalue weighted by atomic mass is 16.5. The van der Waals surface area contributed by atoms with Crippen LogP contribution in [0.25, 0.3) is 0 Å². The standard InChI is InChI=1S/C20H28N4O2/c1-15-9-11-22-12-13-24(15)20(25)18(21)17(19-23-10-6-14-26-19)16-7-4-2-3-5-8-16/h2-4,7-8,15,22H,5-6,9-14,21H2,1H3/b18-17-/t15-/m1/s1. The summed E-state index contributed by atoms with van der Waals surface area (Å²) in [5.74, 6) is 0.347. The van der Waals surface area contributed by atoms with Gasteiger partial charge in [-0.2, -0.15) is 0 Å². The van der Waals surface area contributed by atoms with Crippen molar-refractivity contribution in [1.29, 1.82) is 0 Å². The SMILES string of the molecule is C[C@@H]1CCNCCN1C(=O)/C(N)=C(\C1=CCC=CC=C1)C1=NCCCO1. The van der Waals surface area contributed by atoms with E-state index in [9.17, 15) is 4.79 Å². The van der Waals surface area contributed by atoms with Gasteiger partial charge in [0.1, 0.15) is 5.70 Å². The lowest BCUT2D eigenvalue weighted by atomic mass is 10.0. The van der Waals surface area contributed by atoms with E-state index in [0.717, 1.165) is 37.9 Å². The molecule has 0 saturated carbocycles. The third kappa shape index (κ3) is 4.25. The maximum Gasteiger partial charge on any atom is 0.270 e. The van der Waals surface area contributed by atoms with Crippen LogP contribution >= 0.6 is 0 Å². The molecule has 0 spiro atoms. The molecule has 0 aromatic heterocycles. The second-order valence-electron chi connectivity index (χ2n) is 6.75. The smallest absolute Gasteiger partial charge is 0.270 e. The van der Waals surface area contributed by atoms with Crippen LogP contribution in [0.5, 0.6) is 0 Å². The van der Waals surface area contributed by atoms with E-state index in [-0.39, 0.29) is 17.6 Å². The molecule has 0 unspecified atom stereocenters. The Bertz CT molecular complexity index is 688. The summed E-state index contributed by atoms with van der Waals surface area (Å²) in [6.45, 7) is 5.71. The van der Waals surface area contributed by atoms with Crippen molar-refractivity contribution in [3.05, 3.63) is 47.2 Å². The minimum Gasteiger partial charge on any atom is -0.477 e. The first-order valence-corrected chi connectivity index (χ1v) is 9.41. The molecule has 0 bridgehead atoms. The van der Waals surface area contributed by atoms with Crippen molar-refractivity contribution in [3.63, 3.8) is 0 Å². The Morgan fingerprint density at radius 1 is 1.38 bits per heavy atom. The molecule has 1 atom stereocenters. The van der Waals surface area contributed by atoms with Gasteiger partial charge in [-0.3, -0.25) is 9.79 Å². The van der Waals surface area contributed by atoms with Crippen LogP contribution in [0.15, 0.2) is 52.2 Å². The molecule has 2 aliphatic heterocycles. The summed E-state index contributed by atoms with van der Waals surface area (Å²) >= 11 is 0. The number of nitrogens with one attached hydrogen (secondary N) is 1. The number of carbonyl (C=O) groups excluding carboxylic acids is 1. The van der Waals surface area contributed by atoms with E-state index < -0.39 is 0 Å². The predicted octanol–water partition coefficient (Wildman–Crippen LogP) is 1.67. The van der Waals surface area contributed by atoms with Gasteiger partial charge in [-0.1, -0.05) is 30.4 Å². The molecule has 3 N–H and O–H groups in total. The van der Waals surface area contributed by atoms with E-state index >= 15 is 0 Å². The number of aliphatic imine (C=N–C) groups is 1. The molecule has 26 heavy (non-hydrogen) atoms. The minimum absolute atomic E-state index is 0.139. The molecule has 1 fully saturated rings. The number of allylic oxidation sites excluding steroid dienone is 5. The maximum atomic E-state index is 13.2. The average Bonchev–Trinajstić information content (AvgIpc) is 3.05. The summed E-state index contributed by atoms with van der Waals surface area (Å²) < 4.78 is 5.78. The van der Waals surface area contributed by atoms with E-state index in [0.29, 0.717) is 31.2 Å². The quantitative estimate of drug-likeness (QED) is 0.754. The van der Waals surface area contributed by atoms with Gasteiger partial charge in [-0.15, -0.1) is 0 Å². The summed E-state index contributed by atoms with van der Waals surface area (Å²) in [5, 5.41) is 3.34. The lowest BCUT2D eigenvalue weighted by molar-refractivity contribution is -0.128. The van der Waals surface area contributed by atoms with E-state index in [4.69, 9.17) is 10.5 Å². The van der Waals surface area contributed by atoms with Crippen molar-refractivity contribution >= 4 is 11.8 Å². The van der Waals surface area contributed by atoms with Crippen molar-refractivity contribution in [1.82, 2.24) is 10.2 Å². The van der Waals surface area contributed by atoms with Crippen LogP contribution in [0.4, 0.5) is 0 Å². The molecule has 0 radical (unpaired) electrons. The fourth-order valence-electron chi connectivity index (χ4n) is 3.34. The first-order valence-electron chi connectivity index (χ1n) is 9.41. The number of hydrogen-bond donors (Lipinski definition) is 2. The van der Waals surface area contributed by atoms with E-state index in [1.807, 2.05) is 23.1 Å². The van der Waals surface area contributed by atoms with Gasteiger partial charge in [-0.25, -0.2) is 0 Å². The van der Waals surface area contributed by atoms with Gasteiger partial charge in [0.15, 0.2) is 0 Å². The zero-order valence-corrected chi connectivity index (χ0v) is 15.4. The third-order valence-corrected chi connectivity index (χ3v) is 4.86. The van der Waals surface area contributed by atoms with Crippen LogP contribution in [0.3, 0.4) is 0 Å². The number of rotatable bonds is 3. The molecule has 3 aliphatic rings. The number of ether oxygens (including phenoxy) is 1. The Morgan fingerprint density at radius 2 is 2.27 bits per heavy atom. The molecule has 2 heterocycles. The maximum absolute atomic E-state index is 13.2. The molecule has 0 aromatic carbocycles. The third-order valence-electron chi connectivity index (χ3n) is 4.86. The zero-order valence-electron chi connectivity index (χ0n) is 15.4. The zero-order chi connectivity index (χ0) is 18.4. The molecular weight excluding hydrogens is 328 g/mol. The van der Waals surface area contributed by atoms with Gasteiger partial charge in [0, 0.05) is 32.1 Å². The van der Waals surface area contributed by atoms with Gasteiger partial charge in [-0.05, 0) is 31.9 Å². The first-order chi connectivity index (χ1) is 12.7. The molecule has 0 aromatic rings. The van der Waals surface area contributed by atoms with Crippen LogP contribution in [0.1, 0.15) is 26.2 Å². The summed E-state index contributed by atoms with van der Waals surface area (Å²) in [6.07, 6.45) is 12.6. The van der Waals surface area contributed by atoms with Crippen LogP contribution in [0.2, 0.25) is 0 Å². The van der Waals surface area contributed by atoms with Crippen molar-refractivity contribution in [2.45, 2.75) is 32.2 Å². The highest BCUT2D eigenvalue weighted by molar-refractivity contribution is 6.08. The monoisotopic (exact) mass is 356 g/mol. The summed E-state index contributed by atoms with van der Waals surface area (Å²) in [4.78, 5) is 19.6. The van der Waals surface area contributed by atoms with E-state index in [1.54, 1.807) is 0 Å². The van der Waals surface area contributed by atoms with Crippen molar-refractivity contribution in [3.8, 4) is 0 Å². The molecule has 6 nitrogen and oxygen atoms in total. The van der Waals surface area contributed by atoms with Crippen LogP contribution in [-0.2, 0) is 9.53 Å². The molecule has 6 heteroatoms. The first kappa shape index (κ1) is 18.5. The highest BCUT2D eigenvalue weighted by Gasteiger charge is 2.28. The lowest BCUT2D eigenvalue weighted by Crippen LogP contribution is -2.43. The number of nitrogens with two attached hydrogens (primary N) is 1. The number of hydrogen-bond acceptors (Lipinski definition) is 5. The minimum atomic E-state index is -0.139. The Hall–Kier alpha value is -2.34. The van der Waals surface area contributed by atoms with Crippen molar-refractivity contribution < 1.29 is 9.53 Å². The summed E-state index contributed by atoms with van der Waals surface area (Å²) in [5.41, 5.74) is 8.16. The molecule has 1 saturated heterocycles. The Balaban J connectivity index is 1.99. The Labute approximate surface area is 155 Å². The van der Waals surface area contributed by atoms with Gasteiger partial charge in [0.2, 0.25) is 5.90 Å². The van der Waals surface area contributed by atoms with Crippen molar-refractivity contribution in [2.75, 3.05) is 32.8 Å². The second kappa shape index (κ2) is 8.85. The molecule has 1 amide bonds. The van der Waals surface area contributed by atoms with Gasteiger partial charge in [0.05, 0.1) is 12.2 Å².